The van der Waals surface area contributed by atoms with Crippen LogP contribution in [0.4, 0.5) is 0 Å². The Balaban J connectivity index is 1.94. The third kappa shape index (κ3) is 3.70. The molecule has 1 heterocycles. The Morgan fingerprint density at radius 2 is 1.67 bits per heavy atom. The van der Waals surface area contributed by atoms with Crippen LogP contribution >= 0.6 is 35.0 Å². The van der Waals surface area contributed by atoms with E-state index in [1.165, 1.54) is 11.8 Å². The van der Waals surface area contributed by atoms with E-state index in [4.69, 9.17) is 23.2 Å². The van der Waals surface area contributed by atoms with Gasteiger partial charge in [-0.1, -0.05) is 83.5 Å². The standard InChI is InChI=1S/C18H11Cl2N3S/c19-15-9-5-4-8-13(15)11-24-18-22-16(12-6-2-1-3-7-12)14(10-21)17(20)23-18/h1-9H,11H2. The lowest BCUT2D eigenvalue weighted by Gasteiger charge is -2.08. The van der Waals surface area contributed by atoms with Gasteiger partial charge in [-0.05, 0) is 11.6 Å². The van der Waals surface area contributed by atoms with Crippen LogP contribution in [0.2, 0.25) is 10.2 Å². The van der Waals surface area contributed by atoms with Crippen LogP contribution in [-0.2, 0) is 5.75 Å². The van der Waals surface area contributed by atoms with Gasteiger partial charge in [-0.2, -0.15) is 5.26 Å². The zero-order valence-electron chi connectivity index (χ0n) is 12.4. The first-order valence-corrected chi connectivity index (χ1v) is 8.82. The van der Waals surface area contributed by atoms with Crippen molar-refractivity contribution in [2.75, 3.05) is 0 Å². The molecule has 0 amide bonds. The van der Waals surface area contributed by atoms with Gasteiger partial charge in [0.1, 0.15) is 11.6 Å². The summed E-state index contributed by atoms with van der Waals surface area (Å²) in [6, 6.07) is 19.2. The molecule has 0 bridgehead atoms. The molecule has 0 spiro atoms. The summed E-state index contributed by atoms with van der Waals surface area (Å²) in [5.41, 5.74) is 2.65. The minimum absolute atomic E-state index is 0.160. The molecule has 3 rings (SSSR count). The van der Waals surface area contributed by atoms with Crippen molar-refractivity contribution in [1.29, 1.82) is 5.26 Å². The Morgan fingerprint density at radius 3 is 2.38 bits per heavy atom. The van der Waals surface area contributed by atoms with E-state index < -0.39 is 0 Å². The number of halogens is 2. The maximum atomic E-state index is 9.36. The van der Waals surface area contributed by atoms with E-state index >= 15 is 0 Å². The van der Waals surface area contributed by atoms with Gasteiger partial charge >= 0.3 is 0 Å². The van der Waals surface area contributed by atoms with Crippen molar-refractivity contribution >= 4 is 35.0 Å². The van der Waals surface area contributed by atoms with Gasteiger partial charge in [0.25, 0.3) is 0 Å². The molecular formula is C18H11Cl2N3S. The van der Waals surface area contributed by atoms with Crippen LogP contribution in [0.15, 0.2) is 59.8 Å². The molecule has 24 heavy (non-hydrogen) atoms. The summed E-state index contributed by atoms with van der Waals surface area (Å²) in [6.45, 7) is 0. The maximum absolute atomic E-state index is 9.36. The molecule has 3 nitrogen and oxygen atoms in total. The average Bonchev–Trinajstić information content (AvgIpc) is 2.61. The van der Waals surface area contributed by atoms with E-state index in [1.54, 1.807) is 0 Å². The lowest BCUT2D eigenvalue weighted by Crippen LogP contribution is -1.97. The molecule has 3 aromatic rings. The molecular weight excluding hydrogens is 361 g/mol. The zero-order valence-corrected chi connectivity index (χ0v) is 14.7. The van der Waals surface area contributed by atoms with E-state index in [1.807, 2.05) is 54.6 Å². The largest absolute Gasteiger partial charge is 0.221 e. The number of nitrogens with zero attached hydrogens (tertiary/aromatic N) is 3. The van der Waals surface area contributed by atoms with Crippen LogP contribution < -0.4 is 0 Å². The van der Waals surface area contributed by atoms with E-state index in [-0.39, 0.29) is 10.7 Å². The molecule has 0 saturated carbocycles. The summed E-state index contributed by atoms with van der Waals surface area (Å²) < 4.78 is 0. The van der Waals surface area contributed by atoms with Crippen LogP contribution in [0.5, 0.6) is 0 Å². The highest BCUT2D eigenvalue weighted by atomic mass is 35.5. The molecule has 6 heteroatoms. The molecule has 0 atom stereocenters. The Kier molecular flexibility index (Phi) is 5.37. The number of thioether (sulfide) groups is 1. The molecule has 118 valence electrons. The molecule has 0 aliphatic rings. The summed E-state index contributed by atoms with van der Waals surface area (Å²) in [5.74, 6) is 0.621. The quantitative estimate of drug-likeness (QED) is 0.339. The number of hydrogen-bond donors (Lipinski definition) is 0. The molecule has 0 saturated heterocycles. The van der Waals surface area contributed by atoms with Crippen LogP contribution in [-0.4, -0.2) is 9.97 Å². The van der Waals surface area contributed by atoms with E-state index in [9.17, 15) is 5.26 Å². The van der Waals surface area contributed by atoms with Crippen LogP contribution in [0.1, 0.15) is 11.1 Å². The van der Waals surface area contributed by atoms with Gasteiger partial charge in [0.15, 0.2) is 10.3 Å². The van der Waals surface area contributed by atoms with Gasteiger partial charge in [0.2, 0.25) is 0 Å². The molecule has 0 unspecified atom stereocenters. The first kappa shape index (κ1) is 16.8. The first-order valence-electron chi connectivity index (χ1n) is 7.08. The van der Waals surface area contributed by atoms with Crippen molar-refractivity contribution in [2.24, 2.45) is 0 Å². The third-order valence-electron chi connectivity index (χ3n) is 3.32. The van der Waals surface area contributed by atoms with Crippen molar-refractivity contribution < 1.29 is 0 Å². The second-order valence-electron chi connectivity index (χ2n) is 4.88. The van der Waals surface area contributed by atoms with Crippen LogP contribution in [0.3, 0.4) is 0 Å². The Labute approximate surface area is 154 Å². The molecule has 1 aromatic heterocycles. The minimum atomic E-state index is 0.160. The fourth-order valence-electron chi connectivity index (χ4n) is 2.14. The topological polar surface area (TPSA) is 49.6 Å². The van der Waals surface area contributed by atoms with E-state index in [0.29, 0.717) is 21.6 Å². The predicted molar refractivity (Wildman–Crippen MR) is 98.2 cm³/mol. The maximum Gasteiger partial charge on any atom is 0.189 e. The van der Waals surface area contributed by atoms with Crippen LogP contribution in [0.25, 0.3) is 11.3 Å². The fourth-order valence-corrected chi connectivity index (χ4v) is 3.53. The number of rotatable bonds is 4. The summed E-state index contributed by atoms with van der Waals surface area (Å²) in [7, 11) is 0. The van der Waals surface area contributed by atoms with Crippen molar-refractivity contribution in [3.8, 4) is 17.3 Å². The fraction of sp³-hybridized carbons (Fsp3) is 0.0556. The van der Waals surface area contributed by atoms with Crippen LogP contribution in [0, 0.1) is 11.3 Å². The second kappa shape index (κ2) is 7.67. The normalized spacial score (nSPS) is 10.4. The molecule has 0 N–H and O–H groups in total. The minimum Gasteiger partial charge on any atom is -0.221 e. The monoisotopic (exact) mass is 371 g/mol. The highest BCUT2D eigenvalue weighted by Crippen LogP contribution is 2.30. The highest BCUT2D eigenvalue weighted by molar-refractivity contribution is 7.98. The van der Waals surface area contributed by atoms with Gasteiger partial charge in [-0.15, -0.1) is 0 Å². The summed E-state index contributed by atoms with van der Waals surface area (Å²) in [4.78, 5) is 8.75. The van der Waals surface area contributed by atoms with Gasteiger partial charge in [0.05, 0.1) is 5.69 Å². The van der Waals surface area contributed by atoms with Gasteiger partial charge < -0.3 is 0 Å². The van der Waals surface area contributed by atoms with Gasteiger partial charge in [0, 0.05) is 16.3 Å². The van der Waals surface area contributed by atoms with E-state index in [2.05, 4.69) is 16.0 Å². The Hall–Kier alpha value is -2.06. The summed E-state index contributed by atoms with van der Waals surface area (Å²) in [5, 5.41) is 10.7. The van der Waals surface area contributed by atoms with Crippen molar-refractivity contribution in [3.05, 3.63) is 75.9 Å². The SMILES string of the molecule is N#Cc1c(Cl)nc(SCc2ccccc2Cl)nc1-c1ccccc1. The number of benzene rings is 2. The zero-order chi connectivity index (χ0) is 16.9. The van der Waals surface area contributed by atoms with Gasteiger partial charge in [-0.25, -0.2) is 9.97 Å². The molecule has 0 fully saturated rings. The Bertz CT molecular complexity index is 908. The number of aromatic nitrogens is 2. The van der Waals surface area contributed by atoms with Crippen molar-refractivity contribution in [1.82, 2.24) is 9.97 Å². The third-order valence-corrected chi connectivity index (χ3v) is 4.86. The summed E-state index contributed by atoms with van der Waals surface area (Å²) >= 11 is 13.8. The average molecular weight is 372 g/mol. The molecule has 0 aliphatic carbocycles. The van der Waals surface area contributed by atoms with Crippen molar-refractivity contribution in [2.45, 2.75) is 10.9 Å². The lowest BCUT2D eigenvalue weighted by atomic mass is 10.1. The molecule has 0 aliphatic heterocycles. The van der Waals surface area contributed by atoms with Crippen molar-refractivity contribution in [3.63, 3.8) is 0 Å². The number of hydrogen-bond acceptors (Lipinski definition) is 4. The molecule has 0 radical (unpaired) electrons. The van der Waals surface area contributed by atoms with E-state index in [0.717, 1.165) is 11.1 Å². The highest BCUT2D eigenvalue weighted by Gasteiger charge is 2.15. The Morgan fingerprint density at radius 1 is 0.958 bits per heavy atom. The van der Waals surface area contributed by atoms with Gasteiger partial charge in [-0.3, -0.25) is 0 Å². The second-order valence-corrected chi connectivity index (χ2v) is 6.59. The first-order chi connectivity index (χ1) is 11.7. The molecule has 2 aromatic carbocycles. The lowest BCUT2D eigenvalue weighted by molar-refractivity contribution is 0.966. The predicted octanol–water partition coefficient (Wildman–Crippen LogP) is 5.61. The summed E-state index contributed by atoms with van der Waals surface area (Å²) in [6.07, 6.45) is 0. The smallest absolute Gasteiger partial charge is 0.189 e. The number of nitriles is 1.